The highest BCUT2D eigenvalue weighted by Crippen LogP contribution is 2.42. The maximum atomic E-state index is 14.1. The average molecular weight is 280 g/mol. The SMILES string of the molecule is Cc1ccc(C(N)C2CC3CCC(C2)N3C)c(F)c1F. The number of hydrogen-bond donors (Lipinski definition) is 1. The molecule has 2 bridgehead atoms. The highest BCUT2D eigenvalue weighted by molar-refractivity contribution is 5.28. The van der Waals surface area contributed by atoms with Gasteiger partial charge in [-0.2, -0.15) is 0 Å². The molecule has 2 heterocycles. The fraction of sp³-hybridized carbons (Fsp3) is 0.625. The zero-order valence-electron chi connectivity index (χ0n) is 12.1. The van der Waals surface area contributed by atoms with E-state index in [1.165, 1.54) is 12.8 Å². The molecule has 3 unspecified atom stereocenters. The molecule has 2 nitrogen and oxygen atoms in total. The predicted octanol–water partition coefficient (Wildman–Crippen LogP) is 3.15. The van der Waals surface area contributed by atoms with Gasteiger partial charge in [0.15, 0.2) is 11.6 Å². The van der Waals surface area contributed by atoms with Crippen LogP contribution in [0.25, 0.3) is 0 Å². The zero-order chi connectivity index (χ0) is 14.4. The number of nitrogens with zero attached hydrogens (tertiary/aromatic N) is 1. The van der Waals surface area contributed by atoms with Gasteiger partial charge in [0, 0.05) is 23.7 Å². The standard InChI is InChI=1S/C16H22F2N2/c1-9-3-6-13(15(18)14(9)17)16(19)10-7-11-4-5-12(8-10)20(11)2/h3,6,10-12,16H,4-5,7-8,19H2,1-2H3. The Kier molecular flexibility index (Phi) is 3.55. The third kappa shape index (κ3) is 2.15. The fourth-order valence-corrected chi connectivity index (χ4v) is 3.92. The first kappa shape index (κ1) is 14.0. The Morgan fingerprint density at radius 1 is 1.15 bits per heavy atom. The van der Waals surface area contributed by atoms with Crippen molar-refractivity contribution in [3.8, 4) is 0 Å². The second-order valence-electron chi connectivity index (χ2n) is 6.41. The molecule has 1 aromatic rings. The van der Waals surface area contributed by atoms with Crippen molar-refractivity contribution < 1.29 is 8.78 Å². The molecule has 3 rings (SSSR count). The first-order valence-corrected chi connectivity index (χ1v) is 7.41. The lowest BCUT2D eigenvalue weighted by Crippen LogP contribution is -2.42. The summed E-state index contributed by atoms with van der Waals surface area (Å²) in [5.41, 5.74) is 6.93. The number of hydrogen-bond acceptors (Lipinski definition) is 2. The van der Waals surface area contributed by atoms with E-state index in [1.54, 1.807) is 19.1 Å². The summed E-state index contributed by atoms with van der Waals surface area (Å²) in [6.45, 7) is 1.57. The lowest BCUT2D eigenvalue weighted by atomic mass is 9.82. The molecule has 2 N–H and O–H groups in total. The summed E-state index contributed by atoms with van der Waals surface area (Å²) in [5.74, 6) is -1.27. The third-order valence-corrected chi connectivity index (χ3v) is 5.31. The van der Waals surface area contributed by atoms with E-state index in [0.717, 1.165) is 12.8 Å². The molecule has 110 valence electrons. The summed E-state index contributed by atoms with van der Waals surface area (Å²) in [7, 11) is 2.16. The van der Waals surface area contributed by atoms with E-state index in [4.69, 9.17) is 5.73 Å². The van der Waals surface area contributed by atoms with Crippen molar-refractivity contribution in [2.75, 3.05) is 7.05 Å². The minimum atomic E-state index is -0.760. The number of nitrogens with two attached hydrogens (primary N) is 1. The maximum Gasteiger partial charge on any atom is 0.163 e. The Bertz CT molecular complexity index is 503. The van der Waals surface area contributed by atoms with Crippen LogP contribution in [0.4, 0.5) is 8.78 Å². The van der Waals surface area contributed by atoms with Gasteiger partial charge in [-0.25, -0.2) is 8.78 Å². The molecule has 0 amide bonds. The Balaban J connectivity index is 1.83. The molecule has 1 aromatic carbocycles. The smallest absolute Gasteiger partial charge is 0.163 e. The van der Waals surface area contributed by atoms with Gasteiger partial charge in [0.05, 0.1) is 0 Å². The quantitative estimate of drug-likeness (QED) is 0.901. The highest BCUT2D eigenvalue weighted by atomic mass is 19.2. The van der Waals surface area contributed by atoms with Crippen LogP contribution >= 0.6 is 0 Å². The van der Waals surface area contributed by atoms with Gasteiger partial charge in [-0.3, -0.25) is 0 Å². The van der Waals surface area contributed by atoms with Crippen LogP contribution in [0.5, 0.6) is 0 Å². The molecule has 0 spiro atoms. The van der Waals surface area contributed by atoms with Crippen LogP contribution in [-0.2, 0) is 0 Å². The maximum absolute atomic E-state index is 14.1. The van der Waals surface area contributed by atoms with Gasteiger partial charge in [-0.05, 0) is 51.1 Å². The van der Waals surface area contributed by atoms with Gasteiger partial charge in [-0.15, -0.1) is 0 Å². The number of aryl methyl sites for hydroxylation is 1. The topological polar surface area (TPSA) is 29.3 Å². The molecule has 0 radical (unpaired) electrons. The van der Waals surface area contributed by atoms with Crippen molar-refractivity contribution in [3.63, 3.8) is 0 Å². The van der Waals surface area contributed by atoms with Gasteiger partial charge in [0.2, 0.25) is 0 Å². The zero-order valence-corrected chi connectivity index (χ0v) is 12.1. The van der Waals surface area contributed by atoms with E-state index >= 15 is 0 Å². The van der Waals surface area contributed by atoms with E-state index < -0.39 is 17.7 Å². The molecule has 20 heavy (non-hydrogen) atoms. The molecular formula is C16H22F2N2. The summed E-state index contributed by atoms with van der Waals surface area (Å²) < 4.78 is 27.8. The molecular weight excluding hydrogens is 258 g/mol. The molecule has 3 atom stereocenters. The van der Waals surface area contributed by atoms with Crippen molar-refractivity contribution in [2.24, 2.45) is 11.7 Å². The van der Waals surface area contributed by atoms with Crippen molar-refractivity contribution in [1.29, 1.82) is 0 Å². The Labute approximate surface area is 118 Å². The van der Waals surface area contributed by atoms with Crippen molar-refractivity contribution in [2.45, 2.75) is 50.7 Å². The van der Waals surface area contributed by atoms with Crippen molar-refractivity contribution in [3.05, 3.63) is 34.9 Å². The number of benzene rings is 1. The lowest BCUT2D eigenvalue weighted by Gasteiger charge is -2.39. The molecule has 2 fully saturated rings. The highest BCUT2D eigenvalue weighted by Gasteiger charge is 2.41. The number of fused-ring (bicyclic) bond motifs is 2. The van der Waals surface area contributed by atoms with E-state index in [1.807, 2.05) is 0 Å². The fourth-order valence-electron chi connectivity index (χ4n) is 3.92. The second-order valence-corrected chi connectivity index (χ2v) is 6.41. The average Bonchev–Trinajstić information content (AvgIpc) is 2.66. The number of rotatable bonds is 2. The minimum Gasteiger partial charge on any atom is -0.324 e. The van der Waals surface area contributed by atoms with Crippen LogP contribution in [0, 0.1) is 24.5 Å². The van der Waals surface area contributed by atoms with Crippen LogP contribution in [0.1, 0.15) is 42.9 Å². The molecule has 2 aliphatic heterocycles. The van der Waals surface area contributed by atoms with Crippen LogP contribution < -0.4 is 5.73 Å². The molecule has 2 aliphatic rings. The summed E-state index contributed by atoms with van der Waals surface area (Å²) in [6.07, 6.45) is 4.39. The summed E-state index contributed by atoms with van der Waals surface area (Å²) in [5, 5.41) is 0. The monoisotopic (exact) mass is 280 g/mol. The third-order valence-electron chi connectivity index (χ3n) is 5.31. The van der Waals surface area contributed by atoms with Gasteiger partial charge < -0.3 is 10.6 Å². The molecule has 0 aliphatic carbocycles. The second kappa shape index (κ2) is 5.08. The van der Waals surface area contributed by atoms with Crippen LogP contribution in [0.2, 0.25) is 0 Å². The first-order valence-electron chi connectivity index (χ1n) is 7.41. The Morgan fingerprint density at radius 3 is 2.35 bits per heavy atom. The van der Waals surface area contributed by atoms with E-state index in [-0.39, 0.29) is 5.92 Å². The van der Waals surface area contributed by atoms with Crippen molar-refractivity contribution in [1.82, 2.24) is 4.90 Å². The summed E-state index contributed by atoms with van der Waals surface area (Å²) in [4.78, 5) is 2.43. The molecule has 0 saturated carbocycles. The number of halogens is 2. The van der Waals surface area contributed by atoms with Gasteiger partial charge >= 0.3 is 0 Å². The van der Waals surface area contributed by atoms with E-state index in [9.17, 15) is 8.78 Å². The van der Waals surface area contributed by atoms with Crippen LogP contribution in [0.3, 0.4) is 0 Å². The number of piperidine rings is 1. The van der Waals surface area contributed by atoms with E-state index in [2.05, 4.69) is 11.9 Å². The lowest BCUT2D eigenvalue weighted by molar-refractivity contribution is 0.120. The Morgan fingerprint density at radius 2 is 1.75 bits per heavy atom. The van der Waals surface area contributed by atoms with Crippen LogP contribution in [0.15, 0.2) is 12.1 Å². The normalized spacial score (nSPS) is 31.6. The van der Waals surface area contributed by atoms with Crippen LogP contribution in [-0.4, -0.2) is 24.0 Å². The van der Waals surface area contributed by atoms with E-state index in [0.29, 0.717) is 23.2 Å². The van der Waals surface area contributed by atoms with Crippen molar-refractivity contribution >= 4 is 0 Å². The predicted molar refractivity (Wildman–Crippen MR) is 75.3 cm³/mol. The summed E-state index contributed by atoms with van der Waals surface area (Å²) in [6, 6.07) is 3.99. The van der Waals surface area contributed by atoms with Gasteiger partial charge in [-0.1, -0.05) is 12.1 Å². The molecule has 0 aromatic heterocycles. The van der Waals surface area contributed by atoms with Gasteiger partial charge in [0.25, 0.3) is 0 Å². The first-order chi connectivity index (χ1) is 9.49. The van der Waals surface area contributed by atoms with Gasteiger partial charge in [0.1, 0.15) is 0 Å². The Hall–Kier alpha value is -1.00. The minimum absolute atomic E-state index is 0.250. The summed E-state index contributed by atoms with van der Waals surface area (Å²) >= 11 is 0. The largest absolute Gasteiger partial charge is 0.324 e. The molecule has 2 saturated heterocycles. The molecule has 4 heteroatoms.